The molecular weight excluding hydrogens is 357 g/mol. The number of oxime groups is 1. The van der Waals surface area contributed by atoms with Crippen molar-refractivity contribution in [2.24, 2.45) is 11.1 Å². The summed E-state index contributed by atoms with van der Waals surface area (Å²) in [4.78, 5) is 42.2. The van der Waals surface area contributed by atoms with Crippen LogP contribution in [0.5, 0.6) is 0 Å². The largest absolute Gasteiger partial charge is 0.381 e. The number of fused-ring (bicyclic) bond motifs is 1. The van der Waals surface area contributed by atoms with Gasteiger partial charge in [0.1, 0.15) is 17.4 Å². The first kappa shape index (κ1) is 16.8. The Morgan fingerprint density at radius 2 is 1.85 bits per heavy atom. The highest BCUT2D eigenvalue weighted by Crippen LogP contribution is 2.36. The molecule has 2 heterocycles. The molecular formula is C18H12FN3O5. The topological polar surface area (TPSA) is 102 Å². The number of imide groups is 1. The highest BCUT2D eigenvalue weighted by Gasteiger charge is 2.56. The van der Waals surface area contributed by atoms with Crippen LogP contribution < -0.4 is 4.90 Å². The summed E-state index contributed by atoms with van der Waals surface area (Å²) in [5.74, 6) is -2.67. The fraction of sp³-hybridized carbons (Fsp3) is 0.167. The van der Waals surface area contributed by atoms with E-state index in [0.717, 1.165) is 4.90 Å². The van der Waals surface area contributed by atoms with E-state index >= 15 is 0 Å². The normalized spacial score (nSPS) is 21.1. The van der Waals surface area contributed by atoms with Gasteiger partial charge in [-0.05, 0) is 25.1 Å². The van der Waals surface area contributed by atoms with Gasteiger partial charge in [-0.2, -0.15) is 0 Å². The fourth-order valence-electron chi connectivity index (χ4n) is 3.22. The molecule has 4 rings (SSSR count). The number of aryl methyl sites for hydroxylation is 1. The van der Waals surface area contributed by atoms with E-state index in [4.69, 9.17) is 4.84 Å². The number of halogens is 1. The van der Waals surface area contributed by atoms with Crippen LogP contribution in [0.15, 0.2) is 47.6 Å². The van der Waals surface area contributed by atoms with Crippen molar-refractivity contribution in [1.29, 1.82) is 0 Å². The minimum absolute atomic E-state index is 0.0961. The zero-order chi connectivity index (χ0) is 19.3. The maximum absolute atomic E-state index is 13.1. The van der Waals surface area contributed by atoms with Gasteiger partial charge in [0.25, 0.3) is 11.6 Å². The van der Waals surface area contributed by atoms with Gasteiger partial charge in [0.15, 0.2) is 0 Å². The molecule has 2 aromatic rings. The Morgan fingerprint density at radius 1 is 1.15 bits per heavy atom. The van der Waals surface area contributed by atoms with E-state index in [1.54, 1.807) is 6.92 Å². The average Bonchev–Trinajstić information content (AvgIpc) is 3.17. The van der Waals surface area contributed by atoms with Crippen LogP contribution in [-0.2, 0) is 14.4 Å². The van der Waals surface area contributed by atoms with E-state index in [0.29, 0.717) is 11.1 Å². The van der Waals surface area contributed by atoms with Gasteiger partial charge >= 0.3 is 0 Å². The number of carbonyl (C=O) groups excluding carboxylic acids is 2. The van der Waals surface area contributed by atoms with Gasteiger partial charge in [-0.25, -0.2) is 9.29 Å². The Hall–Kier alpha value is -3.62. The number of rotatable bonds is 3. The molecule has 1 saturated heterocycles. The van der Waals surface area contributed by atoms with Crippen LogP contribution in [0.2, 0.25) is 0 Å². The summed E-state index contributed by atoms with van der Waals surface area (Å²) < 4.78 is 13.1. The van der Waals surface area contributed by atoms with Gasteiger partial charge in [0.2, 0.25) is 12.0 Å². The molecule has 2 atom stereocenters. The van der Waals surface area contributed by atoms with Crippen molar-refractivity contribution in [3.63, 3.8) is 0 Å². The highest BCUT2D eigenvalue weighted by atomic mass is 19.1. The number of hydrogen-bond acceptors (Lipinski definition) is 6. The lowest BCUT2D eigenvalue weighted by molar-refractivity contribution is -0.385. The number of hydrogen-bond donors (Lipinski definition) is 0. The second-order valence-electron chi connectivity index (χ2n) is 6.23. The van der Waals surface area contributed by atoms with Gasteiger partial charge in [-0.15, -0.1) is 0 Å². The Labute approximate surface area is 152 Å². The second kappa shape index (κ2) is 5.97. The van der Waals surface area contributed by atoms with Gasteiger partial charge in [-0.3, -0.25) is 19.7 Å². The standard InChI is InChI=1S/C18H12FN3O5/c1-9-2-7-12(8-13(9)22(25)26)21-17(23)14-15(20-27-16(14)18(21)24)10-3-5-11(19)6-4-10/h2-8,14,16H,1H3/t14-,16-/m1/s1. The summed E-state index contributed by atoms with van der Waals surface area (Å²) in [6, 6.07) is 9.43. The molecule has 136 valence electrons. The van der Waals surface area contributed by atoms with Crippen molar-refractivity contribution in [2.75, 3.05) is 4.90 Å². The van der Waals surface area contributed by atoms with Crippen molar-refractivity contribution in [3.05, 3.63) is 69.5 Å². The SMILES string of the molecule is Cc1ccc(N2C(=O)[C@@H]3C(c4ccc(F)cc4)=NO[C@H]3C2=O)cc1[N+](=O)[O-]. The van der Waals surface area contributed by atoms with Crippen LogP contribution in [0.3, 0.4) is 0 Å². The monoisotopic (exact) mass is 369 g/mol. The van der Waals surface area contributed by atoms with Crippen LogP contribution in [0.1, 0.15) is 11.1 Å². The summed E-state index contributed by atoms with van der Waals surface area (Å²) in [5.41, 5.74) is 0.995. The molecule has 0 N–H and O–H groups in total. The molecule has 0 spiro atoms. The second-order valence-corrected chi connectivity index (χ2v) is 6.23. The smallest absolute Gasteiger partial charge is 0.278 e. The Morgan fingerprint density at radius 3 is 2.52 bits per heavy atom. The van der Waals surface area contributed by atoms with Gasteiger partial charge in [-0.1, -0.05) is 23.4 Å². The summed E-state index contributed by atoms with van der Waals surface area (Å²) >= 11 is 0. The van der Waals surface area contributed by atoms with Crippen molar-refractivity contribution < 1.29 is 23.7 Å². The van der Waals surface area contributed by atoms with E-state index in [1.165, 1.54) is 42.5 Å². The Bertz CT molecular complexity index is 1020. The number of nitrogens with zero attached hydrogens (tertiary/aromatic N) is 3. The summed E-state index contributed by atoms with van der Waals surface area (Å²) in [6.07, 6.45) is -1.14. The van der Waals surface area contributed by atoms with Gasteiger partial charge in [0.05, 0.1) is 10.6 Å². The third-order valence-electron chi connectivity index (χ3n) is 4.60. The number of anilines is 1. The molecule has 0 aromatic heterocycles. The number of nitro groups is 1. The summed E-state index contributed by atoms with van der Waals surface area (Å²) in [5, 5.41) is 15.0. The average molecular weight is 369 g/mol. The molecule has 2 amide bonds. The summed E-state index contributed by atoms with van der Waals surface area (Å²) in [7, 11) is 0. The fourth-order valence-corrected chi connectivity index (χ4v) is 3.22. The quantitative estimate of drug-likeness (QED) is 0.469. The van der Waals surface area contributed by atoms with Crippen LogP contribution in [0, 0.1) is 28.8 Å². The Kier molecular flexibility index (Phi) is 3.72. The lowest BCUT2D eigenvalue weighted by Crippen LogP contribution is -2.33. The van der Waals surface area contributed by atoms with Crippen LogP contribution >= 0.6 is 0 Å². The van der Waals surface area contributed by atoms with Gasteiger partial charge < -0.3 is 4.84 Å². The molecule has 2 aromatic carbocycles. The first-order chi connectivity index (χ1) is 12.9. The highest BCUT2D eigenvalue weighted by molar-refractivity contribution is 6.32. The van der Waals surface area contributed by atoms with E-state index in [9.17, 15) is 24.1 Å². The first-order valence-corrected chi connectivity index (χ1v) is 8.01. The zero-order valence-corrected chi connectivity index (χ0v) is 14.0. The van der Waals surface area contributed by atoms with E-state index in [2.05, 4.69) is 5.16 Å². The predicted octanol–water partition coefficient (Wildman–Crippen LogP) is 2.33. The van der Waals surface area contributed by atoms with Crippen molar-refractivity contribution in [2.45, 2.75) is 13.0 Å². The molecule has 0 unspecified atom stereocenters. The molecule has 0 saturated carbocycles. The minimum Gasteiger partial charge on any atom is -0.381 e. The maximum Gasteiger partial charge on any atom is 0.278 e. The zero-order valence-electron chi connectivity index (χ0n) is 14.0. The number of amides is 2. The molecule has 0 aliphatic carbocycles. The number of carbonyl (C=O) groups is 2. The molecule has 8 nitrogen and oxygen atoms in total. The molecule has 0 bridgehead atoms. The lowest BCUT2D eigenvalue weighted by Gasteiger charge is -2.15. The molecule has 2 aliphatic rings. The van der Waals surface area contributed by atoms with Gasteiger partial charge in [0, 0.05) is 17.2 Å². The van der Waals surface area contributed by atoms with E-state index in [-0.39, 0.29) is 17.1 Å². The third-order valence-corrected chi connectivity index (χ3v) is 4.60. The first-order valence-electron chi connectivity index (χ1n) is 8.01. The van der Waals surface area contributed by atoms with Crippen molar-refractivity contribution >= 4 is 28.9 Å². The van der Waals surface area contributed by atoms with E-state index < -0.39 is 34.6 Å². The third kappa shape index (κ3) is 2.55. The predicted molar refractivity (Wildman–Crippen MR) is 91.6 cm³/mol. The van der Waals surface area contributed by atoms with Crippen molar-refractivity contribution in [1.82, 2.24) is 0 Å². The van der Waals surface area contributed by atoms with Crippen LogP contribution in [0.4, 0.5) is 15.8 Å². The Balaban J connectivity index is 1.71. The number of nitro benzene ring substituents is 1. The van der Waals surface area contributed by atoms with Crippen LogP contribution in [0.25, 0.3) is 0 Å². The maximum atomic E-state index is 13.1. The number of benzene rings is 2. The van der Waals surface area contributed by atoms with Crippen molar-refractivity contribution in [3.8, 4) is 0 Å². The molecule has 9 heteroatoms. The molecule has 1 fully saturated rings. The minimum atomic E-state index is -1.14. The molecule has 2 aliphatic heterocycles. The molecule has 0 radical (unpaired) electrons. The van der Waals surface area contributed by atoms with E-state index in [1.807, 2.05) is 0 Å². The molecule has 27 heavy (non-hydrogen) atoms. The summed E-state index contributed by atoms with van der Waals surface area (Å²) in [6.45, 7) is 1.56. The lowest BCUT2D eigenvalue weighted by atomic mass is 9.94. The van der Waals surface area contributed by atoms with Crippen LogP contribution in [-0.4, -0.2) is 28.6 Å².